The molecule has 3 aliphatic rings. The highest BCUT2D eigenvalue weighted by Crippen LogP contribution is 2.43. The number of aryl methyl sites for hydroxylation is 1. The summed E-state index contributed by atoms with van der Waals surface area (Å²) >= 11 is 0. The van der Waals surface area contributed by atoms with Gasteiger partial charge in [0.25, 0.3) is 0 Å². The zero-order valence-electron chi connectivity index (χ0n) is 25.4. The minimum Gasteiger partial charge on any atom is -0.317 e. The number of allylic oxidation sites excluding steroid dienone is 2. The quantitative estimate of drug-likeness (QED) is 0.121. The van der Waals surface area contributed by atoms with Crippen molar-refractivity contribution in [1.82, 2.24) is 0 Å². The zero-order valence-corrected chi connectivity index (χ0v) is 25.4. The lowest BCUT2D eigenvalue weighted by atomic mass is 9.78. The maximum atomic E-state index is 15.0. The van der Waals surface area contributed by atoms with Gasteiger partial charge in [0.05, 0.1) is 12.0 Å². The Balaban J connectivity index is 1.06. The van der Waals surface area contributed by atoms with Crippen LogP contribution in [-0.2, 0) is 11.2 Å². The molecule has 232 valence electrons. The zero-order chi connectivity index (χ0) is 29.1. The van der Waals surface area contributed by atoms with E-state index in [0.717, 1.165) is 69.3 Å². The molecule has 0 aliphatic heterocycles. The van der Waals surface area contributed by atoms with Crippen molar-refractivity contribution in [2.24, 2.45) is 29.6 Å². The van der Waals surface area contributed by atoms with E-state index in [2.05, 4.69) is 19.1 Å². The number of hydrogen-bond donors (Lipinski definition) is 0. The molecule has 0 aromatic heterocycles. The van der Waals surface area contributed by atoms with Gasteiger partial charge in [0, 0.05) is 0 Å². The predicted octanol–water partition coefficient (Wildman–Crippen LogP) is 11.6. The lowest BCUT2D eigenvalue weighted by Crippen LogP contribution is -2.39. The summed E-state index contributed by atoms with van der Waals surface area (Å²) in [5.41, 5.74) is 0.877. The van der Waals surface area contributed by atoms with Crippen LogP contribution in [0.15, 0.2) is 30.4 Å². The van der Waals surface area contributed by atoms with Crippen molar-refractivity contribution >= 4 is 0 Å². The number of hydrogen-bond acceptors (Lipinski definition) is 1. The number of halogens is 4. The Hall–Kier alpha value is -1.36. The molecule has 41 heavy (non-hydrogen) atoms. The summed E-state index contributed by atoms with van der Waals surface area (Å²) in [5.74, 6) is 0.421. The summed E-state index contributed by atoms with van der Waals surface area (Å²) in [6.45, 7) is 2.21. The van der Waals surface area contributed by atoms with Crippen LogP contribution in [0.2, 0.25) is 0 Å². The highest BCUT2D eigenvalue weighted by Gasteiger charge is 2.44. The molecule has 1 nitrogen and oxygen atoms in total. The van der Waals surface area contributed by atoms with E-state index in [1.807, 2.05) is 0 Å². The van der Waals surface area contributed by atoms with Gasteiger partial charge >= 0.3 is 6.11 Å². The van der Waals surface area contributed by atoms with Gasteiger partial charge < -0.3 is 4.74 Å². The third-order valence-corrected chi connectivity index (χ3v) is 10.4. The highest BCUT2D eigenvalue weighted by molar-refractivity contribution is 5.17. The SMILES string of the molecule is CCCCCC1CCC(C(F)(F)OC2CCC(/C=C/C3CCC(CCCCc4ccc(F)c(F)c4)CC3)CC2)CC1. The van der Waals surface area contributed by atoms with Crippen LogP contribution in [0.1, 0.15) is 134 Å². The Morgan fingerprint density at radius 1 is 0.707 bits per heavy atom. The van der Waals surface area contributed by atoms with Crippen molar-refractivity contribution in [2.75, 3.05) is 0 Å². The molecule has 5 heteroatoms. The van der Waals surface area contributed by atoms with Gasteiger partial charge in [-0.3, -0.25) is 0 Å². The number of benzene rings is 1. The first kappa shape index (κ1) is 32.6. The van der Waals surface area contributed by atoms with E-state index >= 15 is 0 Å². The molecule has 3 saturated carbocycles. The van der Waals surface area contributed by atoms with Crippen LogP contribution < -0.4 is 0 Å². The molecule has 0 saturated heterocycles. The Kier molecular flexibility index (Phi) is 13.1. The van der Waals surface area contributed by atoms with Crippen molar-refractivity contribution in [3.8, 4) is 0 Å². The first-order valence-corrected chi connectivity index (χ1v) is 17.0. The minimum atomic E-state index is -2.97. The van der Waals surface area contributed by atoms with Gasteiger partial charge in [-0.2, -0.15) is 8.78 Å². The van der Waals surface area contributed by atoms with E-state index in [1.54, 1.807) is 6.07 Å². The maximum Gasteiger partial charge on any atom is 0.358 e. The predicted molar refractivity (Wildman–Crippen MR) is 160 cm³/mol. The van der Waals surface area contributed by atoms with Crippen LogP contribution in [0.3, 0.4) is 0 Å². The molecule has 1 aromatic carbocycles. The fourth-order valence-corrected chi connectivity index (χ4v) is 7.63. The Labute approximate surface area is 246 Å². The molecule has 3 aliphatic carbocycles. The number of rotatable bonds is 14. The second-order valence-electron chi connectivity index (χ2n) is 13.6. The van der Waals surface area contributed by atoms with Crippen LogP contribution in [0.25, 0.3) is 0 Å². The fraction of sp³-hybridized carbons (Fsp3) is 0.778. The van der Waals surface area contributed by atoms with Gasteiger partial charge in [0.1, 0.15) is 0 Å². The smallest absolute Gasteiger partial charge is 0.317 e. The van der Waals surface area contributed by atoms with Gasteiger partial charge in [-0.05, 0) is 131 Å². The molecule has 0 atom stereocenters. The average Bonchev–Trinajstić information content (AvgIpc) is 2.98. The van der Waals surface area contributed by atoms with Crippen molar-refractivity contribution in [1.29, 1.82) is 0 Å². The molecule has 1 aromatic rings. The van der Waals surface area contributed by atoms with Gasteiger partial charge in [0.15, 0.2) is 11.6 Å². The summed E-state index contributed by atoms with van der Waals surface area (Å²) in [7, 11) is 0. The number of alkyl halides is 2. The molecule has 3 fully saturated rings. The lowest BCUT2D eigenvalue weighted by molar-refractivity contribution is -0.301. The molecule has 0 N–H and O–H groups in total. The third kappa shape index (κ3) is 10.7. The second kappa shape index (κ2) is 16.5. The first-order chi connectivity index (χ1) is 19.8. The van der Waals surface area contributed by atoms with Crippen LogP contribution in [-0.4, -0.2) is 12.2 Å². The number of ether oxygens (including phenoxy) is 1. The van der Waals surface area contributed by atoms with E-state index in [9.17, 15) is 17.6 Å². The van der Waals surface area contributed by atoms with Gasteiger partial charge in [0.2, 0.25) is 0 Å². The van der Waals surface area contributed by atoms with Crippen molar-refractivity contribution in [2.45, 2.75) is 148 Å². The fourth-order valence-electron chi connectivity index (χ4n) is 7.63. The number of unbranched alkanes of at least 4 members (excludes halogenated alkanes) is 3. The van der Waals surface area contributed by atoms with E-state index in [-0.39, 0.29) is 6.10 Å². The average molecular weight is 579 g/mol. The van der Waals surface area contributed by atoms with E-state index in [0.29, 0.717) is 30.6 Å². The van der Waals surface area contributed by atoms with Crippen molar-refractivity contribution < 1.29 is 22.3 Å². The first-order valence-electron chi connectivity index (χ1n) is 17.0. The summed E-state index contributed by atoms with van der Waals surface area (Å²) in [6, 6.07) is 4.23. The molecule has 0 radical (unpaired) electrons. The molecule has 0 unspecified atom stereocenters. The van der Waals surface area contributed by atoms with Gasteiger partial charge in [-0.15, -0.1) is 0 Å². The largest absolute Gasteiger partial charge is 0.358 e. The van der Waals surface area contributed by atoms with Gasteiger partial charge in [-0.25, -0.2) is 8.78 Å². The standard InChI is InChI=1S/C36H54F4O/c1-2-3-4-7-28-16-21-32(22-17-28)36(39,40)41-33-23-18-30(19-24-33)15-14-29-12-10-27(11-13-29)8-5-6-9-31-20-25-34(37)35(38)26-31/h14-15,20,25-30,32-33H,2-13,16-19,21-24H2,1H3/b15-14+. The normalized spacial score (nSPS) is 29.7. The van der Waals surface area contributed by atoms with E-state index in [1.165, 1.54) is 69.9 Å². The summed E-state index contributed by atoms with van der Waals surface area (Å²) < 4.78 is 61.9. The molecule has 0 spiro atoms. The van der Waals surface area contributed by atoms with Crippen LogP contribution >= 0.6 is 0 Å². The molecule has 0 bridgehead atoms. The van der Waals surface area contributed by atoms with E-state index < -0.39 is 23.7 Å². The van der Waals surface area contributed by atoms with Crippen molar-refractivity contribution in [3.05, 3.63) is 47.5 Å². The summed E-state index contributed by atoms with van der Waals surface area (Å²) in [5, 5.41) is 0. The molecule has 0 amide bonds. The maximum absolute atomic E-state index is 15.0. The molecular formula is C36H54F4O. The van der Waals surface area contributed by atoms with Crippen molar-refractivity contribution in [3.63, 3.8) is 0 Å². The second-order valence-corrected chi connectivity index (χ2v) is 13.6. The molecule has 0 heterocycles. The van der Waals surface area contributed by atoms with Crippen LogP contribution in [0.4, 0.5) is 17.6 Å². The Bertz CT molecular complexity index is 906. The summed E-state index contributed by atoms with van der Waals surface area (Å²) in [4.78, 5) is 0. The lowest BCUT2D eigenvalue weighted by Gasteiger charge is -2.36. The molecule has 4 rings (SSSR count). The highest BCUT2D eigenvalue weighted by atomic mass is 19.3. The third-order valence-electron chi connectivity index (χ3n) is 10.4. The van der Waals surface area contributed by atoms with Gasteiger partial charge in [-0.1, -0.05) is 63.7 Å². The Morgan fingerprint density at radius 3 is 1.85 bits per heavy atom. The van der Waals surface area contributed by atoms with E-state index in [4.69, 9.17) is 4.74 Å². The Morgan fingerprint density at radius 2 is 1.27 bits per heavy atom. The molecular weight excluding hydrogens is 524 g/mol. The van der Waals surface area contributed by atoms with Crippen LogP contribution in [0, 0.1) is 41.2 Å². The van der Waals surface area contributed by atoms with Crippen LogP contribution in [0.5, 0.6) is 0 Å². The minimum absolute atomic E-state index is 0.297. The monoisotopic (exact) mass is 578 g/mol. The summed E-state index contributed by atoms with van der Waals surface area (Å²) in [6.07, 6.45) is 22.1. The topological polar surface area (TPSA) is 9.23 Å².